The molecule has 0 atom stereocenters. The largest absolute Gasteiger partial charge is 0.493 e. The lowest BCUT2D eigenvalue weighted by Crippen LogP contribution is -2.03. The Bertz CT molecular complexity index is 961. The van der Waals surface area contributed by atoms with Crippen LogP contribution >= 0.6 is 46.4 Å². The van der Waals surface area contributed by atoms with Gasteiger partial charge in [-0.1, -0.05) is 58.5 Å². The van der Waals surface area contributed by atoms with Gasteiger partial charge in [-0.15, -0.1) is 0 Å². The maximum atomic E-state index is 6.45. The van der Waals surface area contributed by atoms with Crippen molar-refractivity contribution in [1.29, 1.82) is 0 Å². The highest BCUT2D eigenvalue weighted by molar-refractivity contribution is 6.36. The number of hydrogen-bond acceptors (Lipinski definition) is 3. The number of halogens is 4. The third-order valence-electron chi connectivity index (χ3n) is 4.04. The molecule has 0 saturated heterocycles. The van der Waals surface area contributed by atoms with E-state index in [-0.39, 0.29) is 0 Å². The topological polar surface area (TPSA) is 30.5 Å². The highest BCUT2D eigenvalue weighted by atomic mass is 35.5. The van der Waals surface area contributed by atoms with Crippen LogP contribution in [0, 0.1) is 0 Å². The van der Waals surface area contributed by atoms with E-state index in [2.05, 4.69) is 5.32 Å². The zero-order chi connectivity index (χ0) is 20.1. The fourth-order valence-electron chi connectivity index (χ4n) is 2.55. The third kappa shape index (κ3) is 5.39. The Kier molecular flexibility index (Phi) is 7.19. The lowest BCUT2D eigenvalue weighted by atomic mass is 10.2. The van der Waals surface area contributed by atoms with Crippen LogP contribution in [0.1, 0.15) is 11.1 Å². The van der Waals surface area contributed by atoms with Crippen molar-refractivity contribution in [2.45, 2.75) is 13.2 Å². The fourth-order valence-corrected chi connectivity index (χ4v) is 3.37. The Hall–Kier alpha value is -1.78. The Morgan fingerprint density at radius 2 is 1.50 bits per heavy atom. The van der Waals surface area contributed by atoms with Gasteiger partial charge in [0.15, 0.2) is 11.5 Å². The van der Waals surface area contributed by atoms with Gasteiger partial charge in [0.05, 0.1) is 17.8 Å². The minimum Gasteiger partial charge on any atom is -0.493 e. The molecule has 0 heterocycles. The molecule has 1 N–H and O–H groups in total. The summed E-state index contributed by atoms with van der Waals surface area (Å²) in [6.45, 7) is 0.843. The van der Waals surface area contributed by atoms with Gasteiger partial charge in [-0.2, -0.15) is 0 Å². The average Bonchev–Trinajstić information content (AvgIpc) is 2.68. The van der Waals surface area contributed by atoms with E-state index in [4.69, 9.17) is 55.9 Å². The summed E-state index contributed by atoms with van der Waals surface area (Å²) in [7, 11) is 1.59. The monoisotopic (exact) mass is 455 g/mol. The van der Waals surface area contributed by atoms with E-state index in [0.717, 1.165) is 16.8 Å². The molecule has 3 aromatic rings. The second-order valence-electron chi connectivity index (χ2n) is 5.99. The first-order chi connectivity index (χ1) is 13.5. The van der Waals surface area contributed by atoms with Crippen molar-refractivity contribution in [2.24, 2.45) is 0 Å². The van der Waals surface area contributed by atoms with Crippen molar-refractivity contribution in [2.75, 3.05) is 12.4 Å². The molecule has 28 heavy (non-hydrogen) atoms. The molecule has 3 aromatic carbocycles. The van der Waals surface area contributed by atoms with Gasteiger partial charge in [-0.05, 0) is 47.5 Å². The van der Waals surface area contributed by atoms with Crippen molar-refractivity contribution in [1.82, 2.24) is 0 Å². The minimum atomic E-state index is 0.377. The van der Waals surface area contributed by atoms with Crippen molar-refractivity contribution in [3.05, 3.63) is 85.8 Å². The minimum absolute atomic E-state index is 0.377. The van der Waals surface area contributed by atoms with Crippen LogP contribution in [0.15, 0.2) is 54.6 Å². The maximum Gasteiger partial charge on any atom is 0.163 e. The number of hydrogen-bond donors (Lipinski definition) is 1. The molecule has 0 saturated carbocycles. The predicted octanol–water partition coefficient (Wildman–Crippen LogP) is 7.50. The molecule has 0 aliphatic heterocycles. The normalized spacial score (nSPS) is 10.6. The summed E-state index contributed by atoms with van der Waals surface area (Å²) in [5, 5.41) is 5.61. The zero-order valence-electron chi connectivity index (χ0n) is 14.9. The Morgan fingerprint density at radius 3 is 2.18 bits per heavy atom. The first-order valence-corrected chi connectivity index (χ1v) is 9.90. The van der Waals surface area contributed by atoms with Gasteiger partial charge in [0.1, 0.15) is 6.61 Å². The molecule has 0 aromatic heterocycles. The van der Waals surface area contributed by atoms with Gasteiger partial charge < -0.3 is 14.8 Å². The predicted molar refractivity (Wildman–Crippen MR) is 118 cm³/mol. The summed E-state index contributed by atoms with van der Waals surface area (Å²) >= 11 is 24.5. The summed E-state index contributed by atoms with van der Waals surface area (Å²) in [6, 6.07) is 16.3. The number of ether oxygens (including phenoxy) is 2. The van der Waals surface area contributed by atoms with E-state index in [1.807, 2.05) is 36.4 Å². The van der Waals surface area contributed by atoms with E-state index >= 15 is 0 Å². The smallest absolute Gasteiger partial charge is 0.163 e. The van der Waals surface area contributed by atoms with Crippen LogP contribution in [0.5, 0.6) is 11.5 Å². The van der Waals surface area contributed by atoms with Gasteiger partial charge in [0.25, 0.3) is 0 Å². The highest BCUT2D eigenvalue weighted by Crippen LogP contribution is 2.35. The number of methoxy groups -OCH3 is 1. The van der Waals surface area contributed by atoms with Crippen molar-refractivity contribution in [3.63, 3.8) is 0 Å². The molecule has 3 nitrogen and oxygen atoms in total. The van der Waals surface area contributed by atoms with Gasteiger partial charge in [-0.3, -0.25) is 0 Å². The van der Waals surface area contributed by atoms with E-state index in [1.54, 1.807) is 25.3 Å². The molecule has 0 fully saturated rings. The SMILES string of the molecule is COc1cc(CNc2ccc(Cl)cc2Cl)c(Cl)cc1OCc1ccc(Cl)cc1. The molecule has 0 aliphatic rings. The molecule has 146 valence electrons. The summed E-state index contributed by atoms with van der Waals surface area (Å²) < 4.78 is 11.3. The van der Waals surface area contributed by atoms with E-state index in [0.29, 0.717) is 44.7 Å². The molecule has 0 amide bonds. The van der Waals surface area contributed by atoms with Gasteiger partial charge in [-0.25, -0.2) is 0 Å². The second-order valence-corrected chi connectivity index (χ2v) is 7.67. The number of rotatable bonds is 7. The molecule has 3 rings (SSSR count). The zero-order valence-corrected chi connectivity index (χ0v) is 18.0. The highest BCUT2D eigenvalue weighted by Gasteiger charge is 2.12. The van der Waals surface area contributed by atoms with Crippen molar-refractivity contribution < 1.29 is 9.47 Å². The van der Waals surface area contributed by atoms with E-state index in [9.17, 15) is 0 Å². The first kappa shape index (κ1) is 20.9. The molecule has 0 bridgehead atoms. The van der Waals surface area contributed by atoms with Crippen LogP contribution in [0.4, 0.5) is 5.69 Å². The summed E-state index contributed by atoms with van der Waals surface area (Å²) in [4.78, 5) is 0. The van der Waals surface area contributed by atoms with Gasteiger partial charge >= 0.3 is 0 Å². The number of anilines is 1. The van der Waals surface area contributed by atoms with Crippen LogP contribution in [0.2, 0.25) is 20.1 Å². The molecular weight excluding hydrogens is 440 g/mol. The molecule has 0 radical (unpaired) electrons. The second kappa shape index (κ2) is 9.62. The van der Waals surface area contributed by atoms with Crippen LogP contribution in [-0.2, 0) is 13.2 Å². The molecule has 7 heteroatoms. The number of nitrogens with one attached hydrogen (secondary N) is 1. The van der Waals surface area contributed by atoms with Crippen molar-refractivity contribution >= 4 is 52.1 Å². The van der Waals surface area contributed by atoms with E-state index in [1.165, 1.54) is 0 Å². The Balaban J connectivity index is 1.72. The third-order valence-corrected chi connectivity index (χ3v) is 5.19. The van der Waals surface area contributed by atoms with Crippen LogP contribution in [0.3, 0.4) is 0 Å². The first-order valence-electron chi connectivity index (χ1n) is 8.39. The van der Waals surface area contributed by atoms with Crippen molar-refractivity contribution in [3.8, 4) is 11.5 Å². The Morgan fingerprint density at radius 1 is 0.786 bits per heavy atom. The fraction of sp³-hybridized carbons (Fsp3) is 0.143. The van der Waals surface area contributed by atoms with Gasteiger partial charge in [0.2, 0.25) is 0 Å². The average molecular weight is 457 g/mol. The standard InChI is InChI=1S/C21H17Cl4NO2/c1-27-20-8-14(11-26-19-7-6-16(23)9-18(19)25)17(24)10-21(20)28-12-13-2-4-15(22)5-3-13/h2-10,26H,11-12H2,1H3. The summed E-state index contributed by atoms with van der Waals surface area (Å²) in [5.74, 6) is 1.16. The molecule has 0 spiro atoms. The Labute approximate surface area is 184 Å². The van der Waals surface area contributed by atoms with E-state index < -0.39 is 0 Å². The number of benzene rings is 3. The lowest BCUT2D eigenvalue weighted by Gasteiger charge is -2.15. The molecular formula is C21H17Cl4NO2. The van der Waals surface area contributed by atoms with Gasteiger partial charge in [0, 0.05) is 27.7 Å². The summed E-state index contributed by atoms with van der Waals surface area (Å²) in [6.07, 6.45) is 0. The lowest BCUT2D eigenvalue weighted by molar-refractivity contribution is 0.284. The molecule has 0 aliphatic carbocycles. The van der Waals surface area contributed by atoms with Crippen LogP contribution < -0.4 is 14.8 Å². The van der Waals surface area contributed by atoms with Crippen LogP contribution in [0.25, 0.3) is 0 Å². The van der Waals surface area contributed by atoms with Crippen LogP contribution in [-0.4, -0.2) is 7.11 Å². The quantitative estimate of drug-likeness (QED) is 0.399. The molecule has 0 unspecified atom stereocenters. The maximum absolute atomic E-state index is 6.45. The summed E-state index contributed by atoms with van der Waals surface area (Å²) in [5.41, 5.74) is 2.61.